The van der Waals surface area contributed by atoms with E-state index in [1.807, 2.05) is 51.1 Å². The number of benzene rings is 2. The number of hydrogen-bond acceptors (Lipinski definition) is 4. The summed E-state index contributed by atoms with van der Waals surface area (Å²) in [4.78, 5) is 10.9. The van der Waals surface area contributed by atoms with E-state index >= 15 is 0 Å². The van der Waals surface area contributed by atoms with Gasteiger partial charge >= 0.3 is 5.97 Å². The summed E-state index contributed by atoms with van der Waals surface area (Å²) in [7, 11) is 0. The fourth-order valence-electron chi connectivity index (χ4n) is 2.40. The Labute approximate surface area is 148 Å². The number of carbonyl (C=O) groups is 1. The Morgan fingerprint density at radius 3 is 2.28 bits per heavy atom. The van der Waals surface area contributed by atoms with E-state index in [2.05, 4.69) is 5.32 Å². The van der Waals surface area contributed by atoms with Gasteiger partial charge in [-0.15, -0.1) is 0 Å². The number of hydrogen-bond donors (Lipinski definition) is 2. The van der Waals surface area contributed by atoms with Crippen molar-refractivity contribution >= 4 is 5.97 Å². The highest BCUT2D eigenvalue weighted by molar-refractivity contribution is 5.87. The van der Waals surface area contributed by atoms with Gasteiger partial charge in [0.1, 0.15) is 0 Å². The van der Waals surface area contributed by atoms with E-state index in [1.54, 1.807) is 12.1 Å². The fraction of sp³-hybridized carbons (Fsp3) is 0.350. The Balaban J connectivity index is 1.95. The maximum absolute atomic E-state index is 10.9. The molecule has 2 aromatic carbocycles. The molecule has 0 spiro atoms. The first-order valence-corrected chi connectivity index (χ1v) is 8.45. The normalized spacial score (nSPS) is 10.7. The lowest BCUT2D eigenvalue weighted by molar-refractivity contribution is 0.0697. The Morgan fingerprint density at radius 1 is 1.04 bits per heavy atom. The molecule has 0 bridgehead atoms. The molecular formula is C20H25NO4. The average molecular weight is 343 g/mol. The van der Waals surface area contributed by atoms with Crippen LogP contribution in [0.15, 0.2) is 42.5 Å². The van der Waals surface area contributed by atoms with Crippen molar-refractivity contribution in [1.82, 2.24) is 5.32 Å². The molecule has 25 heavy (non-hydrogen) atoms. The topological polar surface area (TPSA) is 67.8 Å². The van der Waals surface area contributed by atoms with E-state index in [0.29, 0.717) is 25.3 Å². The third-order valence-electron chi connectivity index (χ3n) is 3.53. The van der Waals surface area contributed by atoms with Crippen LogP contribution in [0.4, 0.5) is 0 Å². The van der Waals surface area contributed by atoms with Crippen molar-refractivity contribution in [2.45, 2.75) is 40.0 Å². The Bertz CT molecular complexity index is 695. The Hall–Kier alpha value is -2.53. The highest BCUT2D eigenvalue weighted by Crippen LogP contribution is 2.29. The van der Waals surface area contributed by atoms with Crippen LogP contribution in [0, 0.1) is 0 Å². The highest BCUT2D eigenvalue weighted by atomic mass is 16.5. The van der Waals surface area contributed by atoms with E-state index in [0.717, 1.165) is 22.6 Å². The van der Waals surface area contributed by atoms with Crippen LogP contribution in [0.5, 0.6) is 11.5 Å². The molecule has 2 N–H and O–H groups in total. The van der Waals surface area contributed by atoms with Crippen molar-refractivity contribution in [3.8, 4) is 11.5 Å². The van der Waals surface area contributed by atoms with Gasteiger partial charge in [0.25, 0.3) is 0 Å². The second-order valence-electron chi connectivity index (χ2n) is 5.99. The van der Waals surface area contributed by atoms with Crippen molar-refractivity contribution in [2.75, 3.05) is 6.61 Å². The largest absolute Gasteiger partial charge is 0.490 e. The number of rotatable bonds is 9. The summed E-state index contributed by atoms with van der Waals surface area (Å²) in [5.41, 5.74) is 2.43. The van der Waals surface area contributed by atoms with Crippen LogP contribution < -0.4 is 14.8 Å². The highest BCUT2D eigenvalue weighted by Gasteiger charge is 2.08. The summed E-state index contributed by atoms with van der Waals surface area (Å²) in [6, 6.07) is 12.8. The molecule has 0 aliphatic carbocycles. The predicted molar refractivity (Wildman–Crippen MR) is 97.3 cm³/mol. The Kier molecular flexibility index (Phi) is 6.83. The number of nitrogens with one attached hydrogen (secondary N) is 1. The average Bonchev–Trinajstić information content (AvgIpc) is 2.57. The first-order chi connectivity index (χ1) is 12.0. The molecule has 5 heteroatoms. The fourth-order valence-corrected chi connectivity index (χ4v) is 2.40. The van der Waals surface area contributed by atoms with Crippen LogP contribution in [0.3, 0.4) is 0 Å². The van der Waals surface area contributed by atoms with E-state index < -0.39 is 5.97 Å². The SMILES string of the molecule is CCOc1cc(CNCc2ccc(C(=O)O)cc2)ccc1OC(C)C. The van der Waals surface area contributed by atoms with Gasteiger partial charge in [0.2, 0.25) is 0 Å². The number of aromatic carboxylic acids is 1. The van der Waals surface area contributed by atoms with Crippen LogP contribution in [0.2, 0.25) is 0 Å². The first-order valence-electron chi connectivity index (χ1n) is 8.45. The summed E-state index contributed by atoms with van der Waals surface area (Å²) >= 11 is 0. The summed E-state index contributed by atoms with van der Waals surface area (Å²) in [6.45, 7) is 7.85. The lowest BCUT2D eigenvalue weighted by atomic mass is 10.1. The zero-order valence-corrected chi connectivity index (χ0v) is 14.9. The van der Waals surface area contributed by atoms with Crippen LogP contribution in [0.1, 0.15) is 42.3 Å². The van der Waals surface area contributed by atoms with Crippen LogP contribution >= 0.6 is 0 Å². The molecule has 0 saturated heterocycles. The molecule has 0 heterocycles. The minimum absolute atomic E-state index is 0.0944. The van der Waals surface area contributed by atoms with E-state index in [-0.39, 0.29) is 6.10 Å². The van der Waals surface area contributed by atoms with Crippen LogP contribution in [-0.2, 0) is 13.1 Å². The summed E-state index contributed by atoms with van der Waals surface area (Å²) < 4.78 is 11.4. The van der Waals surface area contributed by atoms with E-state index in [4.69, 9.17) is 14.6 Å². The predicted octanol–water partition coefficient (Wildman–Crippen LogP) is 3.86. The van der Waals surface area contributed by atoms with Crippen LogP contribution in [-0.4, -0.2) is 23.8 Å². The van der Waals surface area contributed by atoms with Crippen molar-refractivity contribution in [3.05, 3.63) is 59.2 Å². The van der Waals surface area contributed by atoms with Gasteiger partial charge in [0, 0.05) is 13.1 Å². The zero-order valence-electron chi connectivity index (χ0n) is 14.9. The molecule has 0 radical (unpaired) electrons. The maximum Gasteiger partial charge on any atom is 0.335 e. The summed E-state index contributed by atoms with van der Waals surface area (Å²) in [5.74, 6) is 0.595. The smallest absolute Gasteiger partial charge is 0.335 e. The second kappa shape index (κ2) is 9.08. The van der Waals surface area contributed by atoms with E-state index in [1.165, 1.54) is 0 Å². The minimum atomic E-state index is -0.910. The van der Waals surface area contributed by atoms with Gasteiger partial charge in [-0.25, -0.2) is 4.79 Å². The molecule has 0 saturated carbocycles. The second-order valence-corrected chi connectivity index (χ2v) is 5.99. The van der Waals surface area contributed by atoms with Crippen LogP contribution in [0.25, 0.3) is 0 Å². The number of carboxylic acid groups (broad SMARTS) is 1. The zero-order chi connectivity index (χ0) is 18.2. The Morgan fingerprint density at radius 2 is 1.68 bits per heavy atom. The quantitative estimate of drug-likeness (QED) is 0.724. The number of carboxylic acids is 1. The van der Waals surface area contributed by atoms with Gasteiger partial charge < -0.3 is 19.9 Å². The van der Waals surface area contributed by atoms with Crippen molar-refractivity contribution < 1.29 is 19.4 Å². The molecule has 134 valence electrons. The molecule has 0 unspecified atom stereocenters. The standard InChI is InChI=1S/C20H25NO4/c1-4-24-19-11-16(7-10-18(19)25-14(2)3)13-21-12-15-5-8-17(9-6-15)20(22)23/h5-11,14,21H,4,12-13H2,1-3H3,(H,22,23). The van der Waals surface area contributed by atoms with E-state index in [9.17, 15) is 4.79 Å². The lowest BCUT2D eigenvalue weighted by Crippen LogP contribution is -2.13. The molecule has 0 aliphatic rings. The molecule has 0 amide bonds. The minimum Gasteiger partial charge on any atom is -0.490 e. The van der Waals surface area contributed by atoms with Gasteiger partial charge in [0.05, 0.1) is 18.3 Å². The maximum atomic E-state index is 10.9. The lowest BCUT2D eigenvalue weighted by Gasteiger charge is -2.15. The molecule has 0 aromatic heterocycles. The van der Waals surface area contributed by atoms with Crippen molar-refractivity contribution in [1.29, 1.82) is 0 Å². The molecular weight excluding hydrogens is 318 g/mol. The molecule has 2 rings (SSSR count). The number of ether oxygens (including phenoxy) is 2. The van der Waals surface area contributed by atoms with Crippen molar-refractivity contribution in [2.24, 2.45) is 0 Å². The molecule has 0 fully saturated rings. The third kappa shape index (κ3) is 5.80. The van der Waals surface area contributed by atoms with Gasteiger partial charge in [-0.2, -0.15) is 0 Å². The first kappa shape index (κ1) is 18.8. The van der Waals surface area contributed by atoms with Crippen molar-refractivity contribution in [3.63, 3.8) is 0 Å². The monoisotopic (exact) mass is 343 g/mol. The molecule has 0 atom stereocenters. The summed E-state index contributed by atoms with van der Waals surface area (Å²) in [6.07, 6.45) is 0.0944. The summed E-state index contributed by atoms with van der Waals surface area (Å²) in [5, 5.41) is 12.3. The van der Waals surface area contributed by atoms with Gasteiger partial charge in [-0.3, -0.25) is 0 Å². The van der Waals surface area contributed by atoms with Gasteiger partial charge in [-0.1, -0.05) is 18.2 Å². The molecule has 0 aliphatic heterocycles. The third-order valence-corrected chi connectivity index (χ3v) is 3.53. The van der Waals surface area contributed by atoms with Gasteiger partial charge in [0.15, 0.2) is 11.5 Å². The van der Waals surface area contributed by atoms with Gasteiger partial charge in [-0.05, 0) is 56.2 Å². The molecule has 5 nitrogen and oxygen atoms in total. The molecule has 2 aromatic rings.